The Morgan fingerprint density at radius 2 is 1.82 bits per heavy atom. The summed E-state index contributed by atoms with van der Waals surface area (Å²) in [5.74, 6) is -0.499. The van der Waals surface area contributed by atoms with Crippen LogP contribution in [0.15, 0.2) is 54.6 Å². The number of benzene rings is 2. The highest BCUT2D eigenvalue weighted by molar-refractivity contribution is 6.30. The van der Waals surface area contributed by atoms with E-state index in [1.54, 1.807) is 18.2 Å². The van der Waals surface area contributed by atoms with Crippen molar-refractivity contribution in [3.63, 3.8) is 0 Å². The van der Waals surface area contributed by atoms with Crippen LogP contribution in [0.1, 0.15) is 17.2 Å². The van der Waals surface area contributed by atoms with Gasteiger partial charge in [-0.15, -0.1) is 0 Å². The number of halogens is 1. The number of primary amides is 1. The Hall–Kier alpha value is -2.37. The lowest BCUT2D eigenvalue weighted by Gasteiger charge is -2.18. The van der Waals surface area contributed by atoms with Gasteiger partial charge < -0.3 is 5.73 Å². The highest BCUT2D eigenvalue weighted by atomic mass is 35.5. The second kappa shape index (κ2) is 7.59. The van der Waals surface area contributed by atoms with Crippen molar-refractivity contribution in [1.29, 1.82) is 0 Å². The monoisotopic (exact) mass is 317 g/mol. The molecule has 3 amide bonds. The molecule has 1 atom stereocenters. The number of nitrogens with one attached hydrogen (secondary N) is 2. The molecule has 4 N–H and O–H groups in total. The molecule has 0 saturated carbocycles. The lowest BCUT2D eigenvalue weighted by Crippen LogP contribution is -2.42. The van der Waals surface area contributed by atoms with Gasteiger partial charge in [0.25, 0.3) is 0 Å². The van der Waals surface area contributed by atoms with Crippen molar-refractivity contribution >= 4 is 23.5 Å². The summed E-state index contributed by atoms with van der Waals surface area (Å²) in [4.78, 5) is 23.1. The Labute approximate surface area is 133 Å². The molecule has 0 aliphatic rings. The SMILES string of the molecule is NC(=O)NC(=O)[C@@H](NCc1cccc(Cl)c1)c1ccccc1. The molecule has 0 fully saturated rings. The third kappa shape index (κ3) is 4.58. The number of amides is 3. The van der Waals surface area contributed by atoms with Crippen LogP contribution in [-0.4, -0.2) is 11.9 Å². The first-order valence-electron chi connectivity index (χ1n) is 6.69. The van der Waals surface area contributed by atoms with Gasteiger partial charge in [0, 0.05) is 11.6 Å². The molecule has 2 aromatic carbocycles. The van der Waals surface area contributed by atoms with Crippen molar-refractivity contribution in [2.45, 2.75) is 12.6 Å². The smallest absolute Gasteiger partial charge is 0.318 e. The normalized spacial score (nSPS) is 11.7. The average molecular weight is 318 g/mol. The molecular formula is C16H16ClN3O2. The second-order valence-electron chi connectivity index (χ2n) is 4.71. The summed E-state index contributed by atoms with van der Waals surface area (Å²) in [6.07, 6.45) is 0. The standard InChI is InChI=1S/C16H16ClN3O2/c17-13-8-4-5-11(9-13)10-19-14(15(21)20-16(18)22)12-6-2-1-3-7-12/h1-9,14,19H,10H2,(H3,18,20,21,22)/t14-/m0/s1. The van der Waals surface area contributed by atoms with E-state index in [9.17, 15) is 9.59 Å². The average Bonchev–Trinajstić information content (AvgIpc) is 2.48. The lowest BCUT2D eigenvalue weighted by atomic mass is 10.1. The van der Waals surface area contributed by atoms with Crippen molar-refractivity contribution < 1.29 is 9.59 Å². The Balaban J connectivity index is 2.14. The fraction of sp³-hybridized carbons (Fsp3) is 0.125. The Morgan fingerprint density at radius 3 is 2.45 bits per heavy atom. The van der Waals surface area contributed by atoms with Crippen molar-refractivity contribution in [2.24, 2.45) is 5.73 Å². The Kier molecular flexibility index (Phi) is 5.52. The van der Waals surface area contributed by atoms with Gasteiger partial charge in [0.05, 0.1) is 0 Å². The van der Waals surface area contributed by atoms with E-state index in [2.05, 4.69) is 10.6 Å². The zero-order valence-electron chi connectivity index (χ0n) is 11.8. The van der Waals surface area contributed by atoms with Gasteiger partial charge >= 0.3 is 6.03 Å². The number of nitrogens with two attached hydrogens (primary N) is 1. The van der Waals surface area contributed by atoms with Gasteiger partial charge in [-0.1, -0.05) is 54.1 Å². The van der Waals surface area contributed by atoms with Crippen molar-refractivity contribution in [3.8, 4) is 0 Å². The van der Waals surface area contributed by atoms with Crippen LogP contribution in [0.5, 0.6) is 0 Å². The maximum atomic E-state index is 12.1. The minimum atomic E-state index is -0.879. The summed E-state index contributed by atoms with van der Waals surface area (Å²) in [6.45, 7) is 0.423. The summed E-state index contributed by atoms with van der Waals surface area (Å²) < 4.78 is 0. The van der Waals surface area contributed by atoms with Crippen molar-refractivity contribution in [2.75, 3.05) is 0 Å². The fourth-order valence-corrected chi connectivity index (χ4v) is 2.28. The van der Waals surface area contributed by atoms with Crippen LogP contribution >= 0.6 is 11.6 Å². The maximum absolute atomic E-state index is 12.1. The molecule has 5 nitrogen and oxygen atoms in total. The molecule has 0 bridgehead atoms. The van der Waals surface area contributed by atoms with Crippen LogP contribution in [0.3, 0.4) is 0 Å². The van der Waals surface area contributed by atoms with Gasteiger partial charge in [0.1, 0.15) is 6.04 Å². The van der Waals surface area contributed by atoms with Crippen LogP contribution in [0.4, 0.5) is 4.79 Å². The molecular weight excluding hydrogens is 302 g/mol. The molecule has 2 aromatic rings. The topological polar surface area (TPSA) is 84.2 Å². The molecule has 22 heavy (non-hydrogen) atoms. The van der Waals surface area contributed by atoms with Crippen LogP contribution in [-0.2, 0) is 11.3 Å². The second-order valence-corrected chi connectivity index (χ2v) is 5.14. The van der Waals surface area contributed by atoms with Gasteiger partial charge in [-0.3, -0.25) is 15.4 Å². The van der Waals surface area contributed by atoms with Crippen LogP contribution in [0, 0.1) is 0 Å². The zero-order valence-corrected chi connectivity index (χ0v) is 12.5. The largest absolute Gasteiger partial charge is 0.351 e. The predicted octanol–water partition coefficient (Wildman–Crippen LogP) is 2.37. The van der Waals surface area contributed by atoms with Crippen molar-refractivity contribution in [3.05, 3.63) is 70.7 Å². The van der Waals surface area contributed by atoms with Crippen LogP contribution in [0.2, 0.25) is 5.02 Å². The van der Waals surface area contributed by atoms with Gasteiger partial charge in [-0.25, -0.2) is 4.79 Å². The van der Waals surface area contributed by atoms with E-state index < -0.39 is 18.0 Å². The van der Waals surface area contributed by atoms with Gasteiger partial charge in [-0.2, -0.15) is 0 Å². The van der Waals surface area contributed by atoms with E-state index in [4.69, 9.17) is 17.3 Å². The van der Waals surface area contributed by atoms with E-state index in [1.807, 2.05) is 36.4 Å². The number of hydrogen-bond donors (Lipinski definition) is 3. The minimum Gasteiger partial charge on any atom is -0.351 e. The molecule has 0 saturated heterocycles. The third-order valence-electron chi connectivity index (χ3n) is 3.04. The summed E-state index contributed by atoms with van der Waals surface area (Å²) in [6, 6.07) is 14.8. The molecule has 0 radical (unpaired) electrons. The van der Waals surface area contributed by atoms with E-state index in [-0.39, 0.29) is 0 Å². The number of urea groups is 1. The highest BCUT2D eigenvalue weighted by Crippen LogP contribution is 2.15. The number of carbonyl (C=O) groups is 2. The lowest BCUT2D eigenvalue weighted by molar-refractivity contribution is -0.122. The highest BCUT2D eigenvalue weighted by Gasteiger charge is 2.21. The molecule has 0 heterocycles. The van der Waals surface area contributed by atoms with Gasteiger partial charge in [0.15, 0.2) is 0 Å². The van der Waals surface area contributed by atoms with Gasteiger partial charge in [0.2, 0.25) is 5.91 Å². The summed E-state index contributed by atoms with van der Waals surface area (Å²) in [5.41, 5.74) is 6.69. The van der Waals surface area contributed by atoms with E-state index in [1.165, 1.54) is 0 Å². The molecule has 0 aliphatic carbocycles. The summed E-state index contributed by atoms with van der Waals surface area (Å²) in [5, 5.41) is 5.83. The molecule has 6 heteroatoms. The van der Waals surface area contributed by atoms with Crippen LogP contribution < -0.4 is 16.4 Å². The zero-order chi connectivity index (χ0) is 15.9. The number of hydrogen-bond acceptors (Lipinski definition) is 3. The molecule has 2 rings (SSSR count). The van der Waals surface area contributed by atoms with Crippen LogP contribution in [0.25, 0.3) is 0 Å². The predicted molar refractivity (Wildman–Crippen MR) is 85.2 cm³/mol. The first-order chi connectivity index (χ1) is 10.6. The molecule has 0 spiro atoms. The van der Waals surface area contributed by atoms with E-state index in [0.29, 0.717) is 11.6 Å². The number of rotatable bonds is 5. The molecule has 0 aliphatic heterocycles. The minimum absolute atomic E-state index is 0.423. The summed E-state index contributed by atoms with van der Waals surface area (Å²) >= 11 is 5.94. The molecule has 114 valence electrons. The maximum Gasteiger partial charge on any atom is 0.318 e. The number of imide groups is 1. The Morgan fingerprint density at radius 1 is 1.09 bits per heavy atom. The molecule has 0 aromatic heterocycles. The summed E-state index contributed by atoms with van der Waals surface area (Å²) in [7, 11) is 0. The van der Waals surface area contributed by atoms with Gasteiger partial charge in [-0.05, 0) is 23.3 Å². The Bertz CT molecular complexity index is 661. The fourth-order valence-electron chi connectivity index (χ4n) is 2.07. The number of carbonyl (C=O) groups excluding carboxylic acids is 2. The van der Waals surface area contributed by atoms with E-state index in [0.717, 1.165) is 11.1 Å². The molecule has 0 unspecified atom stereocenters. The first-order valence-corrected chi connectivity index (χ1v) is 7.07. The quantitative estimate of drug-likeness (QED) is 0.791. The first kappa shape index (κ1) is 16.0. The van der Waals surface area contributed by atoms with E-state index >= 15 is 0 Å². The third-order valence-corrected chi connectivity index (χ3v) is 3.28. The van der Waals surface area contributed by atoms with Crippen molar-refractivity contribution in [1.82, 2.24) is 10.6 Å².